The van der Waals surface area contributed by atoms with Crippen LogP contribution in [-0.2, 0) is 11.3 Å². The van der Waals surface area contributed by atoms with E-state index in [0.717, 1.165) is 12.0 Å². The highest BCUT2D eigenvalue weighted by atomic mass is 16.2. The standard InChI is InChI=1S/C16H23N3O/c1-12(2)8-15(16(20)19(3)4)18-11-14-7-5-6-13(9-14)10-17/h5-7,9,12,15,18H,8,11H2,1-4H3. The van der Waals surface area contributed by atoms with Crippen molar-refractivity contribution in [1.82, 2.24) is 10.2 Å². The summed E-state index contributed by atoms with van der Waals surface area (Å²) < 4.78 is 0. The van der Waals surface area contributed by atoms with Crippen LogP contribution in [0.3, 0.4) is 0 Å². The van der Waals surface area contributed by atoms with Crippen LogP contribution in [0.4, 0.5) is 0 Å². The minimum atomic E-state index is -0.184. The largest absolute Gasteiger partial charge is 0.347 e. The molecule has 0 heterocycles. The van der Waals surface area contributed by atoms with Crippen LogP contribution >= 0.6 is 0 Å². The number of likely N-dealkylation sites (N-methyl/N-ethyl adjacent to an activating group) is 1. The number of carbonyl (C=O) groups excluding carboxylic acids is 1. The number of rotatable bonds is 6. The third-order valence-electron chi connectivity index (χ3n) is 3.05. The van der Waals surface area contributed by atoms with Gasteiger partial charge in [-0.3, -0.25) is 4.79 Å². The van der Waals surface area contributed by atoms with Crippen molar-refractivity contribution in [1.29, 1.82) is 5.26 Å². The summed E-state index contributed by atoms with van der Waals surface area (Å²) in [6, 6.07) is 9.39. The van der Waals surface area contributed by atoms with E-state index >= 15 is 0 Å². The van der Waals surface area contributed by atoms with Gasteiger partial charge in [-0.1, -0.05) is 26.0 Å². The van der Waals surface area contributed by atoms with Crippen LogP contribution in [0.25, 0.3) is 0 Å². The van der Waals surface area contributed by atoms with Crippen molar-refractivity contribution in [3.8, 4) is 6.07 Å². The molecule has 4 nitrogen and oxygen atoms in total. The highest BCUT2D eigenvalue weighted by molar-refractivity contribution is 5.81. The van der Waals surface area contributed by atoms with Gasteiger partial charge in [0.15, 0.2) is 0 Å². The fourth-order valence-corrected chi connectivity index (χ4v) is 2.05. The molecule has 1 atom stereocenters. The first-order valence-electron chi connectivity index (χ1n) is 6.87. The number of amides is 1. The zero-order valence-electron chi connectivity index (χ0n) is 12.7. The van der Waals surface area contributed by atoms with Gasteiger partial charge in [0.25, 0.3) is 0 Å². The summed E-state index contributed by atoms with van der Waals surface area (Å²) >= 11 is 0. The lowest BCUT2D eigenvalue weighted by molar-refractivity contribution is -0.131. The summed E-state index contributed by atoms with van der Waals surface area (Å²) in [6.45, 7) is 4.80. The van der Waals surface area contributed by atoms with E-state index in [-0.39, 0.29) is 11.9 Å². The fourth-order valence-electron chi connectivity index (χ4n) is 2.05. The van der Waals surface area contributed by atoms with Gasteiger partial charge in [-0.15, -0.1) is 0 Å². The maximum Gasteiger partial charge on any atom is 0.239 e. The van der Waals surface area contributed by atoms with E-state index in [4.69, 9.17) is 5.26 Å². The molecule has 1 aromatic carbocycles. The molecule has 0 saturated heterocycles. The lowest BCUT2D eigenvalue weighted by atomic mass is 10.0. The van der Waals surface area contributed by atoms with Crippen molar-refractivity contribution in [3.05, 3.63) is 35.4 Å². The number of nitrogens with zero attached hydrogens (tertiary/aromatic N) is 2. The van der Waals surface area contributed by atoms with Crippen LogP contribution in [0, 0.1) is 17.2 Å². The van der Waals surface area contributed by atoms with Gasteiger partial charge >= 0.3 is 0 Å². The average Bonchev–Trinajstić information content (AvgIpc) is 2.42. The summed E-state index contributed by atoms with van der Waals surface area (Å²) in [7, 11) is 3.54. The molecular weight excluding hydrogens is 250 g/mol. The highest BCUT2D eigenvalue weighted by Crippen LogP contribution is 2.09. The molecule has 4 heteroatoms. The Morgan fingerprint density at radius 1 is 1.40 bits per heavy atom. The van der Waals surface area contributed by atoms with Gasteiger partial charge in [0.2, 0.25) is 5.91 Å². The van der Waals surface area contributed by atoms with E-state index in [0.29, 0.717) is 18.0 Å². The highest BCUT2D eigenvalue weighted by Gasteiger charge is 2.20. The molecule has 108 valence electrons. The van der Waals surface area contributed by atoms with Gasteiger partial charge in [-0.05, 0) is 30.0 Å². The second kappa shape index (κ2) is 7.66. The van der Waals surface area contributed by atoms with E-state index in [9.17, 15) is 4.79 Å². The quantitative estimate of drug-likeness (QED) is 0.864. The number of nitriles is 1. The zero-order valence-corrected chi connectivity index (χ0v) is 12.7. The zero-order chi connectivity index (χ0) is 15.1. The lowest BCUT2D eigenvalue weighted by Gasteiger charge is -2.23. The first kappa shape index (κ1) is 16.2. The van der Waals surface area contributed by atoms with Gasteiger partial charge in [0, 0.05) is 20.6 Å². The predicted octanol–water partition coefficient (Wildman–Crippen LogP) is 2.15. The molecule has 0 aromatic heterocycles. The molecular formula is C16H23N3O. The molecule has 1 amide bonds. The van der Waals surface area contributed by atoms with Crippen molar-refractivity contribution in [2.24, 2.45) is 5.92 Å². The molecule has 0 aliphatic carbocycles. The third-order valence-corrected chi connectivity index (χ3v) is 3.05. The van der Waals surface area contributed by atoms with Crippen LogP contribution in [-0.4, -0.2) is 30.9 Å². The monoisotopic (exact) mass is 273 g/mol. The minimum absolute atomic E-state index is 0.0927. The number of hydrogen-bond donors (Lipinski definition) is 1. The molecule has 1 unspecified atom stereocenters. The summed E-state index contributed by atoms with van der Waals surface area (Å²) in [5.41, 5.74) is 1.66. The number of nitrogens with one attached hydrogen (secondary N) is 1. The Morgan fingerprint density at radius 3 is 2.65 bits per heavy atom. The van der Waals surface area contributed by atoms with E-state index in [1.807, 2.05) is 18.2 Å². The van der Waals surface area contributed by atoms with Gasteiger partial charge in [-0.2, -0.15) is 5.26 Å². The molecule has 20 heavy (non-hydrogen) atoms. The smallest absolute Gasteiger partial charge is 0.239 e. The first-order chi connectivity index (χ1) is 9.43. The van der Waals surface area contributed by atoms with E-state index < -0.39 is 0 Å². The van der Waals surface area contributed by atoms with E-state index in [1.54, 1.807) is 25.1 Å². The maximum absolute atomic E-state index is 12.1. The van der Waals surface area contributed by atoms with Crippen LogP contribution in [0.15, 0.2) is 24.3 Å². The Labute approximate surface area is 121 Å². The van der Waals surface area contributed by atoms with Crippen LogP contribution in [0.5, 0.6) is 0 Å². The van der Waals surface area contributed by atoms with Gasteiger partial charge < -0.3 is 10.2 Å². The first-order valence-corrected chi connectivity index (χ1v) is 6.87. The van der Waals surface area contributed by atoms with E-state index in [1.165, 1.54) is 0 Å². The number of benzene rings is 1. The molecule has 0 spiro atoms. The molecule has 0 fully saturated rings. The summed E-state index contributed by atoms with van der Waals surface area (Å²) in [5.74, 6) is 0.539. The molecule has 0 aliphatic rings. The van der Waals surface area contributed by atoms with Crippen molar-refractivity contribution in [3.63, 3.8) is 0 Å². The molecule has 0 aliphatic heterocycles. The molecule has 0 saturated carbocycles. The normalized spacial score (nSPS) is 12.0. The van der Waals surface area contributed by atoms with Crippen LogP contribution in [0.1, 0.15) is 31.4 Å². The number of hydrogen-bond acceptors (Lipinski definition) is 3. The van der Waals surface area contributed by atoms with Gasteiger partial charge in [-0.25, -0.2) is 0 Å². The second-order valence-corrected chi connectivity index (χ2v) is 5.61. The van der Waals surface area contributed by atoms with Crippen molar-refractivity contribution in [2.75, 3.05) is 14.1 Å². The fraction of sp³-hybridized carbons (Fsp3) is 0.500. The molecule has 1 aromatic rings. The van der Waals surface area contributed by atoms with Crippen molar-refractivity contribution in [2.45, 2.75) is 32.9 Å². The second-order valence-electron chi connectivity index (χ2n) is 5.61. The molecule has 0 bridgehead atoms. The van der Waals surface area contributed by atoms with Crippen LogP contribution in [0.2, 0.25) is 0 Å². The predicted molar refractivity (Wildman–Crippen MR) is 79.9 cm³/mol. The van der Waals surface area contributed by atoms with E-state index in [2.05, 4.69) is 25.2 Å². The van der Waals surface area contributed by atoms with Gasteiger partial charge in [0.05, 0.1) is 17.7 Å². The Kier molecular flexibility index (Phi) is 6.20. The molecule has 1 N–H and O–H groups in total. The van der Waals surface area contributed by atoms with Crippen LogP contribution < -0.4 is 5.32 Å². The van der Waals surface area contributed by atoms with Gasteiger partial charge in [0.1, 0.15) is 0 Å². The number of carbonyl (C=O) groups is 1. The van der Waals surface area contributed by atoms with Crippen molar-refractivity contribution < 1.29 is 4.79 Å². The lowest BCUT2D eigenvalue weighted by Crippen LogP contribution is -2.44. The Balaban J connectivity index is 2.70. The maximum atomic E-state index is 12.1. The minimum Gasteiger partial charge on any atom is -0.347 e. The Morgan fingerprint density at radius 2 is 2.10 bits per heavy atom. The molecule has 1 rings (SSSR count). The molecule has 0 radical (unpaired) electrons. The summed E-state index contributed by atoms with van der Waals surface area (Å²) in [5, 5.41) is 12.2. The van der Waals surface area contributed by atoms with Crippen molar-refractivity contribution >= 4 is 5.91 Å². The summed E-state index contributed by atoms with van der Waals surface area (Å²) in [4.78, 5) is 13.8. The average molecular weight is 273 g/mol. The Bertz CT molecular complexity index is 489. The topological polar surface area (TPSA) is 56.1 Å². The third kappa shape index (κ3) is 5.02. The Hall–Kier alpha value is -1.86. The summed E-state index contributed by atoms with van der Waals surface area (Å²) in [6.07, 6.45) is 0.801. The SMILES string of the molecule is CC(C)CC(NCc1cccc(C#N)c1)C(=O)N(C)C.